The van der Waals surface area contributed by atoms with E-state index in [9.17, 15) is 17.6 Å². The van der Waals surface area contributed by atoms with Crippen LogP contribution in [0.4, 0.5) is 15.8 Å². The van der Waals surface area contributed by atoms with Crippen LogP contribution in [0.1, 0.15) is 0 Å². The first-order valence-corrected chi connectivity index (χ1v) is 9.30. The number of rotatable bonds is 6. The molecule has 2 aromatic rings. The van der Waals surface area contributed by atoms with Crippen LogP contribution in [0.3, 0.4) is 0 Å². The maximum Gasteiger partial charge on any atom is 0.245 e. The summed E-state index contributed by atoms with van der Waals surface area (Å²) in [6, 6.07) is 10.0. The van der Waals surface area contributed by atoms with Gasteiger partial charge in [0.05, 0.1) is 24.1 Å². The molecular formula is C16H16ClFN2O4S. The number of methoxy groups -OCH3 is 1. The minimum atomic E-state index is -3.78. The van der Waals surface area contributed by atoms with E-state index < -0.39 is 28.3 Å². The van der Waals surface area contributed by atoms with Gasteiger partial charge in [-0.1, -0.05) is 17.7 Å². The third-order valence-corrected chi connectivity index (χ3v) is 4.66. The van der Waals surface area contributed by atoms with Crippen LogP contribution in [-0.2, 0) is 14.8 Å². The molecule has 0 spiro atoms. The van der Waals surface area contributed by atoms with E-state index >= 15 is 0 Å². The summed E-state index contributed by atoms with van der Waals surface area (Å²) in [5.41, 5.74) is 0.546. The lowest BCUT2D eigenvalue weighted by Gasteiger charge is -2.22. The summed E-state index contributed by atoms with van der Waals surface area (Å²) < 4.78 is 43.2. The van der Waals surface area contributed by atoms with Crippen molar-refractivity contribution in [3.05, 3.63) is 53.3 Å². The molecule has 1 amide bonds. The van der Waals surface area contributed by atoms with Crippen LogP contribution < -0.4 is 14.4 Å². The SMILES string of the molecule is COc1cccc(NC(=O)CN(c2ccc(F)c(Cl)c2)S(C)(=O)=O)c1. The Balaban J connectivity index is 2.22. The van der Waals surface area contributed by atoms with Crippen LogP contribution in [0.15, 0.2) is 42.5 Å². The van der Waals surface area contributed by atoms with Crippen molar-refractivity contribution >= 4 is 38.9 Å². The third-order valence-electron chi connectivity index (χ3n) is 3.23. The summed E-state index contributed by atoms with van der Waals surface area (Å²) in [7, 11) is -2.29. The van der Waals surface area contributed by atoms with Gasteiger partial charge in [0.2, 0.25) is 15.9 Å². The first-order valence-electron chi connectivity index (χ1n) is 7.07. The maximum absolute atomic E-state index is 13.3. The molecule has 0 aliphatic carbocycles. The molecule has 0 aliphatic heterocycles. The van der Waals surface area contributed by atoms with Gasteiger partial charge in [-0.2, -0.15) is 0 Å². The molecule has 6 nitrogen and oxygen atoms in total. The van der Waals surface area contributed by atoms with Gasteiger partial charge >= 0.3 is 0 Å². The Kier molecular flexibility index (Phi) is 5.86. The van der Waals surface area contributed by atoms with Crippen LogP contribution in [0.25, 0.3) is 0 Å². The molecule has 0 bridgehead atoms. The van der Waals surface area contributed by atoms with Gasteiger partial charge in [-0.3, -0.25) is 9.10 Å². The molecule has 1 N–H and O–H groups in total. The van der Waals surface area contributed by atoms with E-state index in [4.69, 9.17) is 16.3 Å². The van der Waals surface area contributed by atoms with Crippen molar-refractivity contribution < 1.29 is 22.3 Å². The van der Waals surface area contributed by atoms with Crippen LogP contribution in [0, 0.1) is 5.82 Å². The molecule has 9 heteroatoms. The lowest BCUT2D eigenvalue weighted by molar-refractivity contribution is -0.114. The van der Waals surface area contributed by atoms with Crippen LogP contribution >= 0.6 is 11.6 Å². The molecule has 2 aromatic carbocycles. The number of halogens is 2. The van der Waals surface area contributed by atoms with Crippen LogP contribution in [0.5, 0.6) is 5.75 Å². The topological polar surface area (TPSA) is 75.7 Å². The highest BCUT2D eigenvalue weighted by Gasteiger charge is 2.22. The van der Waals surface area contributed by atoms with Crippen molar-refractivity contribution in [2.45, 2.75) is 0 Å². The largest absolute Gasteiger partial charge is 0.497 e. The number of ether oxygens (including phenoxy) is 1. The number of anilines is 2. The molecule has 0 heterocycles. The molecule has 0 aliphatic rings. The van der Waals surface area contributed by atoms with Gasteiger partial charge in [-0.15, -0.1) is 0 Å². The Hall–Kier alpha value is -2.32. The monoisotopic (exact) mass is 386 g/mol. The molecule has 2 rings (SSSR count). The Labute approximate surface area is 150 Å². The third kappa shape index (κ3) is 5.07. The van der Waals surface area contributed by atoms with E-state index in [-0.39, 0.29) is 10.7 Å². The second-order valence-electron chi connectivity index (χ2n) is 5.15. The number of amides is 1. The molecule has 0 fully saturated rings. The number of nitrogens with zero attached hydrogens (tertiary/aromatic N) is 1. The van der Waals surface area contributed by atoms with Crippen LogP contribution in [0.2, 0.25) is 5.02 Å². The van der Waals surface area contributed by atoms with Crippen molar-refractivity contribution in [2.24, 2.45) is 0 Å². The van der Waals surface area contributed by atoms with E-state index in [1.54, 1.807) is 24.3 Å². The molecule has 0 saturated heterocycles. The second-order valence-corrected chi connectivity index (χ2v) is 7.46. The minimum absolute atomic E-state index is 0.0923. The summed E-state index contributed by atoms with van der Waals surface area (Å²) in [5.74, 6) is -0.707. The first kappa shape index (κ1) is 19.0. The van der Waals surface area contributed by atoms with Gasteiger partial charge in [-0.25, -0.2) is 12.8 Å². The Morgan fingerprint density at radius 2 is 2.00 bits per heavy atom. The van der Waals surface area contributed by atoms with Crippen molar-refractivity contribution in [2.75, 3.05) is 29.5 Å². The average molecular weight is 387 g/mol. The zero-order chi connectivity index (χ0) is 18.6. The first-order chi connectivity index (χ1) is 11.7. The smallest absolute Gasteiger partial charge is 0.245 e. The summed E-state index contributed by atoms with van der Waals surface area (Å²) in [4.78, 5) is 12.2. The van der Waals surface area contributed by atoms with Gasteiger partial charge in [0.15, 0.2) is 0 Å². The van der Waals surface area contributed by atoms with Gasteiger partial charge in [0.25, 0.3) is 0 Å². The van der Waals surface area contributed by atoms with Crippen molar-refractivity contribution in [3.8, 4) is 5.75 Å². The van der Waals surface area contributed by atoms with Gasteiger partial charge in [-0.05, 0) is 30.3 Å². The van der Waals surface area contributed by atoms with Crippen molar-refractivity contribution in [1.82, 2.24) is 0 Å². The molecule has 0 unspecified atom stereocenters. The van der Waals surface area contributed by atoms with Gasteiger partial charge in [0, 0.05) is 11.8 Å². The molecule has 0 atom stereocenters. The fourth-order valence-electron chi connectivity index (χ4n) is 2.07. The zero-order valence-electron chi connectivity index (χ0n) is 13.5. The average Bonchev–Trinajstić information content (AvgIpc) is 2.54. The highest BCUT2D eigenvalue weighted by atomic mass is 35.5. The number of carbonyl (C=O) groups is 1. The van der Waals surface area contributed by atoms with Crippen LogP contribution in [-0.4, -0.2) is 34.2 Å². The molecule has 134 valence electrons. The number of sulfonamides is 1. The highest BCUT2D eigenvalue weighted by molar-refractivity contribution is 7.92. The Morgan fingerprint density at radius 1 is 1.28 bits per heavy atom. The lowest BCUT2D eigenvalue weighted by atomic mass is 10.3. The van der Waals surface area contributed by atoms with E-state index in [1.165, 1.54) is 13.2 Å². The molecular weight excluding hydrogens is 371 g/mol. The Morgan fingerprint density at radius 3 is 2.60 bits per heavy atom. The quantitative estimate of drug-likeness (QED) is 0.828. The summed E-state index contributed by atoms with van der Waals surface area (Å²) in [5, 5.41) is 2.35. The zero-order valence-corrected chi connectivity index (χ0v) is 15.1. The molecule has 0 radical (unpaired) electrons. The Bertz CT molecular complexity index is 889. The number of benzene rings is 2. The molecule has 0 aromatic heterocycles. The number of hydrogen-bond acceptors (Lipinski definition) is 4. The predicted molar refractivity (Wildman–Crippen MR) is 95.2 cm³/mol. The van der Waals surface area contributed by atoms with Crippen molar-refractivity contribution in [3.63, 3.8) is 0 Å². The summed E-state index contributed by atoms with van der Waals surface area (Å²) in [6.45, 7) is -0.488. The fourth-order valence-corrected chi connectivity index (χ4v) is 3.10. The molecule has 25 heavy (non-hydrogen) atoms. The normalized spacial score (nSPS) is 11.0. The minimum Gasteiger partial charge on any atom is -0.497 e. The second kappa shape index (κ2) is 7.71. The van der Waals surface area contributed by atoms with Crippen molar-refractivity contribution in [1.29, 1.82) is 0 Å². The predicted octanol–water partition coefficient (Wildman–Crippen LogP) is 2.89. The maximum atomic E-state index is 13.3. The number of hydrogen-bond donors (Lipinski definition) is 1. The highest BCUT2D eigenvalue weighted by Crippen LogP contribution is 2.24. The van der Waals surface area contributed by atoms with Gasteiger partial charge < -0.3 is 10.1 Å². The fraction of sp³-hybridized carbons (Fsp3) is 0.188. The summed E-state index contributed by atoms with van der Waals surface area (Å²) >= 11 is 5.70. The molecule has 0 saturated carbocycles. The van der Waals surface area contributed by atoms with Gasteiger partial charge in [0.1, 0.15) is 18.1 Å². The summed E-state index contributed by atoms with van der Waals surface area (Å²) in [6.07, 6.45) is 0.948. The van der Waals surface area contributed by atoms with E-state index in [1.807, 2.05) is 0 Å². The van der Waals surface area contributed by atoms with E-state index in [0.717, 1.165) is 22.7 Å². The van der Waals surface area contributed by atoms with E-state index in [0.29, 0.717) is 11.4 Å². The standard InChI is InChI=1S/C16H16ClFN2O4S/c1-24-13-5-3-4-11(8-13)19-16(21)10-20(25(2,22)23)12-6-7-15(18)14(17)9-12/h3-9H,10H2,1-2H3,(H,19,21). The van der Waals surface area contributed by atoms with E-state index in [2.05, 4.69) is 5.32 Å². The number of nitrogens with one attached hydrogen (secondary N) is 1. The lowest BCUT2D eigenvalue weighted by Crippen LogP contribution is -2.37. The number of carbonyl (C=O) groups excluding carboxylic acids is 1.